The van der Waals surface area contributed by atoms with Gasteiger partial charge in [-0.3, -0.25) is 0 Å². The van der Waals surface area contributed by atoms with E-state index in [1.165, 1.54) is 6.07 Å². The molecule has 0 saturated carbocycles. The first kappa shape index (κ1) is 9.85. The van der Waals surface area contributed by atoms with Crippen molar-refractivity contribution in [2.24, 2.45) is 0 Å². The molecule has 0 amide bonds. The van der Waals surface area contributed by atoms with Gasteiger partial charge in [-0.1, -0.05) is 5.21 Å². The van der Waals surface area contributed by atoms with Crippen LogP contribution in [0.5, 0.6) is 0 Å². The summed E-state index contributed by atoms with van der Waals surface area (Å²) in [6.45, 7) is 0. The smallest absolute Gasteiger partial charge is 0.336 e. The number of carbonyl (C=O) groups is 1. The summed E-state index contributed by atoms with van der Waals surface area (Å²) in [7, 11) is 0. The molecule has 1 N–H and O–H groups in total. The highest BCUT2D eigenvalue weighted by Crippen LogP contribution is 2.20. The molecule has 5 nitrogen and oxygen atoms in total. The van der Waals surface area contributed by atoms with Crippen LogP contribution < -0.4 is 0 Å². The van der Waals surface area contributed by atoms with Crippen LogP contribution in [0.15, 0.2) is 35.1 Å². The van der Waals surface area contributed by atoms with Crippen LogP contribution in [0.3, 0.4) is 0 Å². The van der Waals surface area contributed by atoms with Gasteiger partial charge in [-0.25, -0.2) is 9.48 Å². The van der Waals surface area contributed by atoms with Crippen LogP contribution in [0, 0.1) is 0 Å². The number of hydrogen-bond donors (Lipinski definition) is 1. The summed E-state index contributed by atoms with van der Waals surface area (Å²) in [5, 5.41) is 16.3. The molecule has 0 fully saturated rings. The fourth-order valence-corrected chi connectivity index (χ4v) is 1.70. The largest absolute Gasteiger partial charge is 0.478 e. The van der Waals surface area contributed by atoms with E-state index in [-0.39, 0.29) is 5.56 Å². The first-order valence-corrected chi connectivity index (χ1v) is 4.87. The van der Waals surface area contributed by atoms with E-state index < -0.39 is 5.97 Å². The Labute approximate surface area is 93.5 Å². The SMILES string of the molecule is O=C(O)c1ccc(-n2ccnn2)cc1Br. The Bertz CT molecular complexity index is 496. The summed E-state index contributed by atoms with van der Waals surface area (Å²) in [6.07, 6.45) is 3.24. The third-order valence-corrected chi connectivity index (χ3v) is 2.53. The fraction of sp³-hybridized carbons (Fsp3) is 0. The van der Waals surface area contributed by atoms with Crippen molar-refractivity contribution in [1.82, 2.24) is 15.0 Å². The van der Waals surface area contributed by atoms with Crippen molar-refractivity contribution in [1.29, 1.82) is 0 Å². The molecule has 6 heteroatoms. The van der Waals surface area contributed by atoms with Gasteiger partial charge in [0.05, 0.1) is 23.6 Å². The Balaban J connectivity index is 2.47. The van der Waals surface area contributed by atoms with E-state index in [9.17, 15) is 4.79 Å². The lowest BCUT2D eigenvalue weighted by molar-refractivity contribution is 0.0696. The van der Waals surface area contributed by atoms with Crippen LogP contribution in [0.4, 0.5) is 0 Å². The number of rotatable bonds is 2. The molecule has 0 bridgehead atoms. The number of benzene rings is 1. The lowest BCUT2D eigenvalue weighted by Crippen LogP contribution is -2.00. The van der Waals surface area contributed by atoms with Crippen LogP contribution in [0.1, 0.15) is 10.4 Å². The molecule has 0 aliphatic carbocycles. The number of nitrogens with zero attached hydrogens (tertiary/aromatic N) is 3. The van der Waals surface area contributed by atoms with Crippen molar-refractivity contribution in [3.05, 3.63) is 40.6 Å². The molecule has 15 heavy (non-hydrogen) atoms. The monoisotopic (exact) mass is 267 g/mol. The molecule has 0 saturated heterocycles. The van der Waals surface area contributed by atoms with Crippen molar-refractivity contribution in [2.45, 2.75) is 0 Å². The molecule has 0 radical (unpaired) electrons. The van der Waals surface area contributed by atoms with Gasteiger partial charge < -0.3 is 5.11 Å². The predicted octanol–water partition coefficient (Wildman–Crippen LogP) is 1.73. The van der Waals surface area contributed by atoms with Gasteiger partial charge in [-0.05, 0) is 34.1 Å². The summed E-state index contributed by atoms with van der Waals surface area (Å²) < 4.78 is 2.07. The Hall–Kier alpha value is -1.69. The second-order valence-corrected chi connectivity index (χ2v) is 3.67. The van der Waals surface area contributed by atoms with E-state index in [2.05, 4.69) is 26.2 Å². The fourth-order valence-electron chi connectivity index (χ4n) is 1.17. The summed E-state index contributed by atoms with van der Waals surface area (Å²) in [5.41, 5.74) is 0.975. The van der Waals surface area contributed by atoms with E-state index in [4.69, 9.17) is 5.11 Å². The van der Waals surface area contributed by atoms with Gasteiger partial charge >= 0.3 is 5.97 Å². The maximum Gasteiger partial charge on any atom is 0.336 e. The second-order valence-electron chi connectivity index (χ2n) is 2.82. The first-order chi connectivity index (χ1) is 7.18. The highest BCUT2D eigenvalue weighted by molar-refractivity contribution is 9.10. The molecule has 0 aliphatic rings. The summed E-state index contributed by atoms with van der Waals surface area (Å²) in [4.78, 5) is 10.8. The average molecular weight is 268 g/mol. The van der Waals surface area contributed by atoms with Crippen molar-refractivity contribution in [3.8, 4) is 5.69 Å². The number of aromatic nitrogens is 3. The third kappa shape index (κ3) is 1.89. The minimum Gasteiger partial charge on any atom is -0.478 e. The quantitative estimate of drug-likeness (QED) is 0.900. The van der Waals surface area contributed by atoms with Crippen LogP contribution in [0.25, 0.3) is 5.69 Å². The van der Waals surface area contributed by atoms with Crippen molar-refractivity contribution in [2.75, 3.05) is 0 Å². The number of carboxylic acid groups (broad SMARTS) is 1. The topological polar surface area (TPSA) is 68.0 Å². The minimum atomic E-state index is -0.966. The van der Waals surface area contributed by atoms with Crippen LogP contribution >= 0.6 is 15.9 Å². The van der Waals surface area contributed by atoms with Gasteiger partial charge in [0, 0.05) is 4.47 Å². The Kier molecular flexibility index (Phi) is 2.51. The molecular weight excluding hydrogens is 262 g/mol. The zero-order chi connectivity index (χ0) is 10.8. The van der Waals surface area contributed by atoms with Crippen molar-refractivity contribution in [3.63, 3.8) is 0 Å². The Morgan fingerprint density at radius 3 is 2.80 bits per heavy atom. The molecule has 0 unspecified atom stereocenters. The third-order valence-electron chi connectivity index (χ3n) is 1.87. The maximum absolute atomic E-state index is 10.8. The zero-order valence-electron chi connectivity index (χ0n) is 7.46. The molecule has 0 spiro atoms. The van der Waals surface area contributed by atoms with E-state index in [0.29, 0.717) is 4.47 Å². The van der Waals surface area contributed by atoms with E-state index >= 15 is 0 Å². The van der Waals surface area contributed by atoms with E-state index in [1.807, 2.05) is 0 Å². The molecule has 1 heterocycles. The number of hydrogen-bond acceptors (Lipinski definition) is 3. The summed E-state index contributed by atoms with van der Waals surface area (Å²) in [6, 6.07) is 4.87. The molecule has 2 aromatic rings. The maximum atomic E-state index is 10.8. The molecule has 1 aromatic heterocycles. The molecule has 1 aromatic carbocycles. The zero-order valence-corrected chi connectivity index (χ0v) is 9.05. The molecule has 76 valence electrons. The number of halogens is 1. The van der Waals surface area contributed by atoms with Crippen LogP contribution in [-0.4, -0.2) is 26.1 Å². The van der Waals surface area contributed by atoms with Gasteiger partial charge in [0.2, 0.25) is 0 Å². The molecular formula is C9H6BrN3O2. The van der Waals surface area contributed by atoms with E-state index in [0.717, 1.165) is 5.69 Å². The lowest BCUT2D eigenvalue weighted by atomic mass is 10.2. The van der Waals surface area contributed by atoms with Gasteiger partial charge in [-0.15, -0.1) is 5.10 Å². The highest BCUT2D eigenvalue weighted by atomic mass is 79.9. The Morgan fingerprint density at radius 2 is 2.27 bits per heavy atom. The van der Waals surface area contributed by atoms with Crippen LogP contribution in [0.2, 0.25) is 0 Å². The average Bonchev–Trinajstić information content (AvgIpc) is 2.69. The first-order valence-electron chi connectivity index (χ1n) is 4.08. The molecule has 2 rings (SSSR count). The predicted molar refractivity (Wildman–Crippen MR) is 56.0 cm³/mol. The van der Waals surface area contributed by atoms with Crippen molar-refractivity contribution < 1.29 is 9.90 Å². The van der Waals surface area contributed by atoms with Crippen molar-refractivity contribution >= 4 is 21.9 Å². The molecule has 0 aliphatic heterocycles. The van der Waals surface area contributed by atoms with Gasteiger partial charge in [-0.2, -0.15) is 0 Å². The van der Waals surface area contributed by atoms with E-state index in [1.54, 1.807) is 29.2 Å². The summed E-state index contributed by atoms with van der Waals surface area (Å²) >= 11 is 3.19. The number of aromatic carboxylic acids is 1. The van der Waals surface area contributed by atoms with Gasteiger partial charge in [0.25, 0.3) is 0 Å². The molecule has 0 atom stereocenters. The minimum absolute atomic E-state index is 0.221. The Morgan fingerprint density at radius 1 is 1.47 bits per heavy atom. The number of carboxylic acids is 1. The van der Waals surface area contributed by atoms with Gasteiger partial charge in [0.15, 0.2) is 0 Å². The highest BCUT2D eigenvalue weighted by Gasteiger charge is 2.09. The van der Waals surface area contributed by atoms with Crippen LogP contribution in [-0.2, 0) is 0 Å². The summed E-state index contributed by atoms with van der Waals surface area (Å²) in [5.74, 6) is -0.966. The second kappa shape index (κ2) is 3.82. The standard InChI is InChI=1S/C9H6BrN3O2/c10-8-5-6(13-4-3-11-12-13)1-2-7(8)9(14)15/h1-5H,(H,14,15). The lowest BCUT2D eigenvalue weighted by Gasteiger charge is -2.03. The van der Waals surface area contributed by atoms with Gasteiger partial charge in [0.1, 0.15) is 0 Å². The normalized spacial score (nSPS) is 10.2.